The van der Waals surface area contributed by atoms with Crippen molar-refractivity contribution >= 4 is 46.1 Å². The highest BCUT2D eigenvalue weighted by Gasteiger charge is 2.24. The van der Waals surface area contributed by atoms with Gasteiger partial charge >= 0.3 is 0 Å². The number of rotatable bonds is 6. The Balaban J connectivity index is 1.31. The molecule has 0 spiro atoms. The van der Waals surface area contributed by atoms with E-state index >= 15 is 0 Å². The van der Waals surface area contributed by atoms with Crippen LogP contribution in [0.1, 0.15) is 15.2 Å². The fraction of sp³-hybridized carbons (Fsp3) is 0.250. The van der Waals surface area contributed by atoms with Gasteiger partial charge in [-0.1, -0.05) is 35.9 Å². The lowest BCUT2D eigenvalue weighted by Crippen LogP contribution is -2.48. The van der Waals surface area contributed by atoms with Crippen molar-refractivity contribution in [3.8, 4) is 5.75 Å². The standard InChI is InChI=1S/C24H24ClN3O3S/c1-17-5-2-3-6-21(17)31-16-23(29)26-18-8-9-20(19(25)15-18)27-10-12-28(13-11-27)24(30)22-7-4-14-32-22/h2-9,14-15H,10-13,16H2,1H3,(H,26,29). The van der Waals surface area contributed by atoms with Crippen molar-refractivity contribution in [1.82, 2.24) is 4.90 Å². The minimum atomic E-state index is -0.252. The molecule has 4 rings (SSSR count). The van der Waals surface area contributed by atoms with E-state index in [1.54, 1.807) is 6.07 Å². The zero-order chi connectivity index (χ0) is 22.5. The molecule has 0 aliphatic carbocycles. The molecule has 6 nitrogen and oxygen atoms in total. The molecule has 2 aromatic carbocycles. The average molecular weight is 470 g/mol. The Morgan fingerprint density at radius 3 is 2.53 bits per heavy atom. The molecule has 1 saturated heterocycles. The van der Waals surface area contributed by atoms with Crippen LogP contribution in [0.2, 0.25) is 5.02 Å². The number of hydrogen-bond acceptors (Lipinski definition) is 5. The van der Waals surface area contributed by atoms with Gasteiger partial charge in [0.2, 0.25) is 0 Å². The molecule has 2 heterocycles. The molecule has 0 bridgehead atoms. The molecular formula is C24H24ClN3O3S. The number of amides is 2. The summed E-state index contributed by atoms with van der Waals surface area (Å²) in [6, 6.07) is 16.8. The van der Waals surface area contributed by atoms with Gasteiger partial charge in [0.1, 0.15) is 5.75 Å². The molecule has 0 atom stereocenters. The minimum Gasteiger partial charge on any atom is -0.483 e. The molecule has 8 heteroatoms. The largest absolute Gasteiger partial charge is 0.483 e. The van der Waals surface area contributed by atoms with Gasteiger partial charge in [0.25, 0.3) is 11.8 Å². The molecule has 3 aromatic rings. The molecule has 1 aromatic heterocycles. The van der Waals surface area contributed by atoms with Crippen LogP contribution >= 0.6 is 22.9 Å². The number of carbonyl (C=O) groups is 2. The molecular weight excluding hydrogens is 446 g/mol. The maximum atomic E-state index is 12.5. The van der Waals surface area contributed by atoms with Crippen molar-refractivity contribution < 1.29 is 14.3 Å². The van der Waals surface area contributed by atoms with Crippen molar-refractivity contribution in [2.45, 2.75) is 6.92 Å². The smallest absolute Gasteiger partial charge is 0.264 e. The minimum absolute atomic E-state index is 0.0789. The number of nitrogens with zero attached hydrogens (tertiary/aromatic N) is 2. The highest BCUT2D eigenvalue weighted by molar-refractivity contribution is 7.12. The average Bonchev–Trinajstić information content (AvgIpc) is 3.33. The quantitative estimate of drug-likeness (QED) is 0.569. The van der Waals surface area contributed by atoms with Crippen molar-refractivity contribution in [2.24, 2.45) is 0 Å². The molecule has 1 N–H and O–H groups in total. The van der Waals surface area contributed by atoms with Gasteiger partial charge in [0, 0.05) is 31.9 Å². The Labute approximate surface area is 196 Å². The monoisotopic (exact) mass is 469 g/mol. The van der Waals surface area contributed by atoms with E-state index in [1.165, 1.54) is 11.3 Å². The van der Waals surface area contributed by atoms with Gasteiger partial charge in [-0.25, -0.2) is 0 Å². The fourth-order valence-electron chi connectivity index (χ4n) is 3.61. The van der Waals surface area contributed by atoms with Crippen LogP contribution < -0.4 is 15.0 Å². The first-order chi connectivity index (χ1) is 15.5. The number of benzene rings is 2. The van der Waals surface area contributed by atoms with Crippen LogP contribution in [0.25, 0.3) is 0 Å². The second-order valence-corrected chi connectivity index (χ2v) is 8.88. The molecule has 166 valence electrons. The third kappa shape index (κ3) is 5.23. The van der Waals surface area contributed by atoms with Gasteiger partial charge in [-0.2, -0.15) is 0 Å². The topological polar surface area (TPSA) is 61.9 Å². The molecule has 1 fully saturated rings. The molecule has 0 saturated carbocycles. The SMILES string of the molecule is Cc1ccccc1OCC(=O)Nc1ccc(N2CCN(C(=O)c3cccs3)CC2)c(Cl)c1. The number of para-hydroxylation sites is 1. The van der Waals surface area contributed by atoms with Gasteiger partial charge in [-0.3, -0.25) is 9.59 Å². The van der Waals surface area contributed by atoms with Gasteiger partial charge in [0.05, 0.1) is 15.6 Å². The number of piperazine rings is 1. The summed E-state index contributed by atoms with van der Waals surface area (Å²) in [5, 5.41) is 5.29. The third-order valence-electron chi connectivity index (χ3n) is 5.32. The lowest BCUT2D eigenvalue weighted by atomic mass is 10.2. The number of aryl methyl sites for hydroxylation is 1. The normalized spacial score (nSPS) is 13.7. The van der Waals surface area contributed by atoms with Crippen LogP contribution in [0.5, 0.6) is 5.75 Å². The summed E-state index contributed by atoms with van der Waals surface area (Å²) in [6.45, 7) is 4.54. The number of hydrogen-bond donors (Lipinski definition) is 1. The first kappa shape index (κ1) is 22.2. The Morgan fingerprint density at radius 2 is 1.84 bits per heavy atom. The van der Waals surface area contributed by atoms with E-state index in [9.17, 15) is 9.59 Å². The molecule has 1 aliphatic rings. The van der Waals surface area contributed by atoms with Crippen LogP contribution in [0.4, 0.5) is 11.4 Å². The molecule has 2 amide bonds. The van der Waals surface area contributed by atoms with Crippen molar-refractivity contribution in [1.29, 1.82) is 0 Å². The number of ether oxygens (including phenoxy) is 1. The van der Waals surface area contributed by atoms with E-state index in [2.05, 4.69) is 10.2 Å². The Bertz CT molecular complexity index is 1100. The van der Waals surface area contributed by atoms with Gasteiger partial charge in [-0.15, -0.1) is 11.3 Å². The number of nitrogens with one attached hydrogen (secondary N) is 1. The first-order valence-corrected chi connectivity index (χ1v) is 11.6. The van der Waals surface area contributed by atoms with E-state index in [-0.39, 0.29) is 18.4 Å². The van der Waals surface area contributed by atoms with Crippen LogP contribution in [0.15, 0.2) is 60.0 Å². The van der Waals surface area contributed by atoms with Gasteiger partial charge < -0.3 is 19.9 Å². The van der Waals surface area contributed by atoms with E-state index in [0.29, 0.717) is 42.6 Å². The second-order valence-electron chi connectivity index (χ2n) is 7.53. The van der Waals surface area contributed by atoms with Gasteiger partial charge in [-0.05, 0) is 48.2 Å². The summed E-state index contributed by atoms with van der Waals surface area (Å²) in [4.78, 5) is 29.6. The summed E-state index contributed by atoms with van der Waals surface area (Å²) in [7, 11) is 0. The second kappa shape index (κ2) is 10.1. The highest BCUT2D eigenvalue weighted by atomic mass is 35.5. The highest BCUT2D eigenvalue weighted by Crippen LogP contribution is 2.30. The van der Waals surface area contributed by atoms with E-state index in [4.69, 9.17) is 16.3 Å². The molecule has 1 aliphatic heterocycles. The summed E-state index contributed by atoms with van der Waals surface area (Å²) in [6.07, 6.45) is 0. The van der Waals surface area contributed by atoms with E-state index in [1.807, 2.05) is 65.7 Å². The number of carbonyl (C=O) groups excluding carboxylic acids is 2. The Hall–Kier alpha value is -3.03. The number of anilines is 2. The summed E-state index contributed by atoms with van der Waals surface area (Å²) in [5.74, 6) is 0.516. The Morgan fingerprint density at radius 1 is 1.06 bits per heavy atom. The zero-order valence-electron chi connectivity index (χ0n) is 17.7. The van der Waals surface area contributed by atoms with Crippen molar-refractivity contribution in [3.05, 3.63) is 75.4 Å². The molecule has 0 radical (unpaired) electrons. The van der Waals surface area contributed by atoms with E-state index in [0.717, 1.165) is 16.1 Å². The molecule has 32 heavy (non-hydrogen) atoms. The Kier molecular flexibility index (Phi) is 6.97. The predicted octanol–water partition coefficient (Wildman–Crippen LogP) is 4.69. The van der Waals surface area contributed by atoms with Crippen LogP contribution in [0, 0.1) is 6.92 Å². The van der Waals surface area contributed by atoms with Crippen LogP contribution in [-0.4, -0.2) is 49.5 Å². The van der Waals surface area contributed by atoms with Crippen LogP contribution in [-0.2, 0) is 4.79 Å². The predicted molar refractivity (Wildman–Crippen MR) is 129 cm³/mol. The number of thiophene rings is 1. The maximum Gasteiger partial charge on any atom is 0.264 e. The van der Waals surface area contributed by atoms with Gasteiger partial charge in [0.15, 0.2) is 6.61 Å². The summed E-state index contributed by atoms with van der Waals surface area (Å²) in [5.41, 5.74) is 2.48. The lowest BCUT2D eigenvalue weighted by molar-refractivity contribution is -0.118. The molecule has 0 unspecified atom stereocenters. The van der Waals surface area contributed by atoms with Crippen LogP contribution in [0.3, 0.4) is 0 Å². The first-order valence-electron chi connectivity index (χ1n) is 10.4. The fourth-order valence-corrected chi connectivity index (χ4v) is 4.60. The van der Waals surface area contributed by atoms with Crippen molar-refractivity contribution in [2.75, 3.05) is 43.0 Å². The third-order valence-corrected chi connectivity index (χ3v) is 6.48. The lowest BCUT2D eigenvalue weighted by Gasteiger charge is -2.36. The van der Waals surface area contributed by atoms with E-state index < -0.39 is 0 Å². The number of halogens is 1. The zero-order valence-corrected chi connectivity index (χ0v) is 19.3. The maximum absolute atomic E-state index is 12.5. The summed E-state index contributed by atoms with van der Waals surface area (Å²) < 4.78 is 5.59. The van der Waals surface area contributed by atoms with Crippen molar-refractivity contribution in [3.63, 3.8) is 0 Å². The summed E-state index contributed by atoms with van der Waals surface area (Å²) >= 11 is 7.98.